The molecule has 0 aliphatic carbocycles. The van der Waals surface area contributed by atoms with Crippen molar-refractivity contribution in [1.82, 2.24) is 5.32 Å². The van der Waals surface area contributed by atoms with Crippen LogP contribution in [0.2, 0.25) is 0 Å². The Morgan fingerprint density at radius 2 is 1.25 bits per heavy atom. The summed E-state index contributed by atoms with van der Waals surface area (Å²) in [5.41, 5.74) is 1.79. The van der Waals surface area contributed by atoms with E-state index in [1.807, 2.05) is 0 Å². The molecule has 24 heavy (non-hydrogen) atoms. The number of fused-ring (bicyclic) bond motifs is 2. The SMILES string of the molecule is Fc1ccc(C(OC2CC3CCC(C2)N3)c2ccc(F)cc2)cc1. The van der Waals surface area contributed by atoms with Gasteiger partial charge in [0.1, 0.15) is 17.7 Å². The van der Waals surface area contributed by atoms with Gasteiger partial charge in [-0.1, -0.05) is 24.3 Å². The van der Waals surface area contributed by atoms with E-state index in [1.54, 1.807) is 24.3 Å². The highest BCUT2D eigenvalue weighted by Gasteiger charge is 2.35. The summed E-state index contributed by atoms with van der Waals surface area (Å²) in [5.74, 6) is -0.534. The normalized spacial score (nSPS) is 26.0. The zero-order valence-electron chi connectivity index (χ0n) is 13.4. The number of piperidine rings is 1. The van der Waals surface area contributed by atoms with Crippen molar-refractivity contribution in [2.45, 2.75) is 50.0 Å². The molecule has 126 valence electrons. The van der Waals surface area contributed by atoms with Gasteiger partial charge in [-0.25, -0.2) is 8.78 Å². The second-order valence-corrected chi connectivity index (χ2v) is 6.85. The number of benzene rings is 2. The lowest BCUT2D eigenvalue weighted by molar-refractivity contribution is -0.0182. The Morgan fingerprint density at radius 1 is 0.792 bits per heavy atom. The molecule has 2 heterocycles. The van der Waals surface area contributed by atoms with Gasteiger partial charge in [-0.2, -0.15) is 0 Å². The van der Waals surface area contributed by atoms with Crippen LogP contribution in [0.25, 0.3) is 0 Å². The number of hydrogen-bond donors (Lipinski definition) is 1. The zero-order chi connectivity index (χ0) is 16.5. The quantitative estimate of drug-likeness (QED) is 0.900. The van der Waals surface area contributed by atoms with Gasteiger partial charge < -0.3 is 10.1 Å². The van der Waals surface area contributed by atoms with Crippen LogP contribution in [0.1, 0.15) is 42.9 Å². The van der Waals surface area contributed by atoms with Crippen molar-refractivity contribution >= 4 is 0 Å². The maximum absolute atomic E-state index is 13.3. The van der Waals surface area contributed by atoms with E-state index in [4.69, 9.17) is 4.74 Å². The molecule has 2 aliphatic heterocycles. The van der Waals surface area contributed by atoms with Gasteiger partial charge >= 0.3 is 0 Å². The summed E-state index contributed by atoms with van der Waals surface area (Å²) in [6, 6.07) is 13.9. The highest BCUT2D eigenvalue weighted by molar-refractivity contribution is 5.30. The van der Waals surface area contributed by atoms with Crippen molar-refractivity contribution in [1.29, 1.82) is 0 Å². The second-order valence-electron chi connectivity index (χ2n) is 6.85. The first-order valence-corrected chi connectivity index (χ1v) is 8.60. The molecular weight excluding hydrogens is 308 g/mol. The fourth-order valence-electron chi connectivity index (χ4n) is 3.93. The van der Waals surface area contributed by atoms with Crippen molar-refractivity contribution in [2.75, 3.05) is 0 Å². The lowest BCUT2D eigenvalue weighted by Crippen LogP contribution is -2.41. The first-order valence-electron chi connectivity index (χ1n) is 8.60. The summed E-state index contributed by atoms with van der Waals surface area (Å²) >= 11 is 0. The van der Waals surface area contributed by atoms with Crippen LogP contribution >= 0.6 is 0 Å². The number of rotatable bonds is 4. The molecule has 2 fully saturated rings. The predicted octanol–water partition coefficient (Wildman–Crippen LogP) is 4.35. The molecule has 2 aromatic rings. The summed E-state index contributed by atoms with van der Waals surface area (Å²) in [6.45, 7) is 0. The van der Waals surface area contributed by atoms with Crippen molar-refractivity contribution in [3.63, 3.8) is 0 Å². The van der Waals surface area contributed by atoms with Crippen LogP contribution in [0.4, 0.5) is 8.78 Å². The first kappa shape index (κ1) is 15.7. The van der Waals surface area contributed by atoms with Gasteiger partial charge in [0.05, 0.1) is 6.10 Å². The average molecular weight is 329 g/mol. The molecular formula is C20H21F2NO. The fraction of sp³-hybridized carbons (Fsp3) is 0.400. The third kappa shape index (κ3) is 3.35. The third-order valence-corrected chi connectivity index (χ3v) is 5.10. The van der Waals surface area contributed by atoms with Crippen LogP contribution in [0.15, 0.2) is 48.5 Å². The summed E-state index contributed by atoms with van der Waals surface area (Å²) < 4.78 is 33.0. The van der Waals surface area contributed by atoms with Crippen molar-refractivity contribution in [3.05, 3.63) is 71.3 Å². The van der Waals surface area contributed by atoms with Crippen LogP contribution < -0.4 is 5.32 Å². The Bertz CT molecular complexity index is 628. The van der Waals surface area contributed by atoms with Gasteiger partial charge in [0.15, 0.2) is 0 Å². The van der Waals surface area contributed by atoms with E-state index in [0.717, 1.165) is 24.0 Å². The molecule has 2 saturated heterocycles. The number of halogens is 2. The van der Waals surface area contributed by atoms with E-state index in [2.05, 4.69) is 5.32 Å². The van der Waals surface area contributed by atoms with Gasteiger partial charge in [-0.3, -0.25) is 0 Å². The largest absolute Gasteiger partial charge is 0.365 e. The molecule has 0 radical (unpaired) electrons. The zero-order valence-corrected chi connectivity index (χ0v) is 13.4. The minimum absolute atomic E-state index is 0.170. The molecule has 0 saturated carbocycles. The van der Waals surface area contributed by atoms with Gasteiger partial charge in [0.25, 0.3) is 0 Å². The molecule has 0 amide bonds. The van der Waals surface area contributed by atoms with Crippen LogP contribution in [0.5, 0.6) is 0 Å². The average Bonchev–Trinajstić information content (AvgIpc) is 2.93. The van der Waals surface area contributed by atoms with Crippen LogP contribution in [0, 0.1) is 11.6 Å². The van der Waals surface area contributed by atoms with E-state index in [9.17, 15) is 8.78 Å². The Balaban J connectivity index is 1.60. The highest BCUT2D eigenvalue weighted by Crippen LogP contribution is 2.34. The minimum atomic E-state index is -0.298. The Kier molecular flexibility index (Phi) is 4.33. The molecule has 2 bridgehead atoms. The van der Waals surface area contributed by atoms with E-state index in [-0.39, 0.29) is 23.8 Å². The second kappa shape index (κ2) is 6.61. The Morgan fingerprint density at radius 3 is 1.71 bits per heavy atom. The summed E-state index contributed by atoms with van der Waals surface area (Å²) in [5, 5.41) is 3.61. The van der Waals surface area contributed by atoms with E-state index in [1.165, 1.54) is 37.1 Å². The van der Waals surface area contributed by atoms with E-state index in [0.29, 0.717) is 12.1 Å². The predicted molar refractivity (Wildman–Crippen MR) is 88.7 cm³/mol. The lowest BCUT2D eigenvalue weighted by Gasteiger charge is -2.32. The van der Waals surface area contributed by atoms with Gasteiger partial charge in [0, 0.05) is 12.1 Å². The number of nitrogens with one attached hydrogen (secondary N) is 1. The lowest BCUT2D eigenvalue weighted by atomic mass is 9.98. The molecule has 2 aromatic carbocycles. The van der Waals surface area contributed by atoms with Gasteiger partial charge in [-0.15, -0.1) is 0 Å². The van der Waals surface area contributed by atoms with Gasteiger partial charge in [0.2, 0.25) is 0 Å². The standard InChI is InChI=1S/C20H21F2NO/c21-15-5-1-13(2-6-15)20(14-3-7-16(22)8-4-14)24-19-11-17-9-10-18(12-19)23-17/h1-8,17-20,23H,9-12H2. The maximum Gasteiger partial charge on any atom is 0.123 e. The molecule has 1 N–H and O–H groups in total. The van der Waals surface area contributed by atoms with Crippen LogP contribution in [0.3, 0.4) is 0 Å². The van der Waals surface area contributed by atoms with Crippen molar-refractivity contribution < 1.29 is 13.5 Å². The smallest absolute Gasteiger partial charge is 0.123 e. The summed E-state index contributed by atoms with van der Waals surface area (Å²) in [7, 11) is 0. The fourth-order valence-corrected chi connectivity index (χ4v) is 3.93. The maximum atomic E-state index is 13.3. The molecule has 2 aliphatic rings. The molecule has 4 rings (SSSR count). The van der Waals surface area contributed by atoms with E-state index < -0.39 is 0 Å². The topological polar surface area (TPSA) is 21.3 Å². The Hall–Kier alpha value is -1.78. The molecule has 2 unspecified atom stereocenters. The minimum Gasteiger partial charge on any atom is -0.365 e. The summed E-state index contributed by atoms with van der Waals surface area (Å²) in [4.78, 5) is 0. The Labute approximate surface area is 140 Å². The molecule has 4 heteroatoms. The number of hydrogen-bond acceptors (Lipinski definition) is 2. The molecule has 2 nitrogen and oxygen atoms in total. The monoisotopic (exact) mass is 329 g/mol. The molecule has 0 aromatic heterocycles. The number of ether oxygens (including phenoxy) is 1. The van der Waals surface area contributed by atoms with Gasteiger partial charge in [-0.05, 0) is 61.1 Å². The van der Waals surface area contributed by atoms with Crippen LogP contribution in [-0.4, -0.2) is 18.2 Å². The summed E-state index contributed by atoms with van der Waals surface area (Å²) in [6.07, 6.45) is 4.28. The van der Waals surface area contributed by atoms with E-state index >= 15 is 0 Å². The molecule has 2 atom stereocenters. The molecule has 0 spiro atoms. The van der Waals surface area contributed by atoms with Crippen molar-refractivity contribution in [2.24, 2.45) is 0 Å². The third-order valence-electron chi connectivity index (χ3n) is 5.10. The first-order chi connectivity index (χ1) is 11.7. The van der Waals surface area contributed by atoms with Crippen molar-refractivity contribution in [3.8, 4) is 0 Å². The van der Waals surface area contributed by atoms with Crippen LogP contribution in [-0.2, 0) is 4.74 Å². The highest BCUT2D eigenvalue weighted by atomic mass is 19.1.